The summed E-state index contributed by atoms with van der Waals surface area (Å²) in [4.78, 5) is 41.1. The topological polar surface area (TPSA) is 91.4 Å². The highest BCUT2D eigenvalue weighted by Gasteiger charge is 2.12. The van der Waals surface area contributed by atoms with Gasteiger partial charge < -0.3 is 10.6 Å². The SMILES string of the molecule is CC(=O)c1cccc(NC(=O)CN(C)CC(=O)Nc2ccc(Br)cn2)c1. The summed E-state index contributed by atoms with van der Waals surface area (Å²) >= 11 is 3.27. The van der Waals surface area contributed by atoms with E-state index in [1.54, 1.807) is 54.5 Å². The van der Waals surface area contributed by atoms with E-state index in [2.05, 4.69) is 31.5 Å². The fourth-order valence-electron chi connectivity index (χ4n) is 2.19. The molecule has 0 saturated carbocycles. The second-order valence-electron chi connectivity index (χ2n) is 5.77. The molecule has 1 heterocycles. The van der Waals surface area contributed by atoms with Gasteiger partial charge in [-0.1, -0.05) is 12.1 Å². The summed E-state index contributed by atoms with van der Waals surface area (Å²) in [6.07, 6.45) is 1.59. The third kappa shape index (κ3) is 6.38. The van der Waals surface area contributed by atoms with Crippen molar-refractivity contribution in [2.45, 2.75) is 6.92 Å². The summed E-state index contributed by atoms with van der Waals surface area (Å²) in [5, 5.41) is 5.38. The lowest BCUT2D eigenvalue weighted by molar-refractivity contribution is -0.119. The first-order valence-electron chi connectivity index (χ1n) is 7.84. The van der Waals surface area contributed by atoms with Gasteiger partial charge in [0.1, 0.15) is 5.82 Å². The lowest BCUT2D eigenvalue weighted by Gasteiger charge is -2.16. The Morgan fingerprint density at radius 1 is 1.08 bits per heavy atom. The largest absolute Gasteiger partial charge is 0.325 e. The lowest BCUT2D eigenvalue weighted by Crippen LogP contribution is -2.36. The van der Waals surface area contributed by atoms with Crippen molar-refractivity contribution in [3.63, 3.8) is 0 Å². The zero-order chi connectivity index (χ0) is 19.1. The van der Waals surface area contributed by atoms with E-state index in [1.165, 1.54) is 6.92 Å². The second-order valence-corrected chi connectivity index (χ2v) is 6.68. The van der Waals surface area contributed by atoms with Crippen LogP contribution in [-0.2, 0) is 9.59 Å². The van der Waals surface area contributed by atoms with Gasteiger partial charge in [-0.05, 0) is 54.2 Å². The monoisotopic (exact) mass is 418 g/mol. The molecule has 1 aromatic carbocycles. The van der Waals surface area contributed by atoms with Gasteiger partial charge in [-0.25, -0.2) is 4.98 Å². The van der Waals surface area contributed by atoms with Crippen LogP contribution in [0.5, 0.6) is 0 Å². The normalized spacial score (nSPS) is 10.5. The number of likely N-dealkylation sites (N-methyl/N-ethyl adjacent to an activating group) is 1. The fraction of sp³-hybridized carbons (Fsp3) is 0.222. The first kappa shape index (κ1) is 19.7. The minimum absolute atomic E-state index is 0.0332. The van der Waals surface area contributed by atoms with Crippen molar-refractivity contribution in [3.8, 4) is 0 Å². The highest BCUT2D eigenvalue weighted by atomic mass is 79.9. The average Bonchev–Trinajstić information content (AvgIpc) is 2.56. The number of hydrogen-bond acceptors (Lipinski definition) is 5. The Kier molecular flexibility index (Phi) is 6.99. The molecule has 2 amide bonds. The van der Waals surface area contributed by atoms with Gasteiger partial charge in [-0.15, -0.1) is 0 Å². The summed E-state index contributed by atoms with van der Waals surface area (Å²) in [6.45, 7) is 1.54. The molecule has 136 valence electrons. The molecule has 2 rings (SSSR count). The van der Waals surface area contributed by atoms with Crippen molar-refractivity contribution in [1.29, 1.82) is 0 Å². The number of carbonyl (C=O) groups is 3. The highest BCUT2D eigenvalue weighted by Crippen LogP contribution is 2.12. The van der Waals surface area contributed by atoms with Crippen molar-refractivity contribution in [3.05, 3.63) is 52.6 Å². The van der Waals surface area contributed by atoms with Gasteiger partial charge in [0.05, 0.1) is 13.1 Å². The maximum atomic E-state index is 12.1. The van der Waals surface area contributed by atoms with Crippen LogP contribution in [0.2, 0.25) is 0 Å². The van der Waals surface area contributed by atoms with Crippen LogP contribution in [0.1, 0.15) is 17.3 Å². The summed E-state index contributed by atoms with van der Waals surface area (Å²) in [6, 6.07) is 10.2. The van der Waals surface area contributed by atoms with Gasteiger partial charge in [0.25, 0.3) is 0 Å². The summed E-state index contributed by atoms with van der Waals surface area (Å²) < 4.78 is 0.818. The number of nitrogens with zero attached hydrogens (tertiary/aromatic N) is 2. The molecule has 0 atom stereocenters. The molecule has 7 nitrogen and oxygen atoms in total. The highest BCUT2D eigenvalue weighted by molar-refractivity contribution is 9.10. The smallest absolute Gasteiger partial charge is 0.239 e. The van der Waals surface area contributed by atoms with Crippen molar-refractivity contribution >= 4 is 45.0 Å². The summed E-state index contributed by atoms with van der Waals surface area (Å²) in [5.41, 5.74) is 1.07. The molecule has 0 saturated heterocycles. The van der Waals surface area contributed by atoms with E-state index >= 15 is 0 Å². The Labute approximate surface area is 159 Å². The van der Waals surface area contributed by atoms with Crippen LogP contribution in [0.25, 0.3) is 0 Å². The van der Waals surface area contributed by atoms with Gasteiger partial charge in [0.2, 0.25) is 11.8 Å². The molecular weight excluding hydrogens is 400 g/mol. The summed E-state index contributed by atoms with van der Waals surface area (Å²) in [7, 11) is 1.67. The number of hydrogen-bond donors (Lipinski definition) is 2. The Morgan fingerprint density at radius 3 is 2.38 bits per heavy atom. The number of rotatable bonds is 7. The molecule has 0 aliphatic rings. The lowest BCUT2D eigenvalue weighted by atomic mass is 10.1. The van der Waals surface area contributed by atoms with Crippen LogP contribution in [0, 0.1) is 0 Å². The third-order valence-electron chi connectivity index (χ3n) is 3.37. The van der Waals surface area contributed by atoms with Crippen LogP contribution < -0.4 is 10.6 Å². The molecule has 1 aromatic heterocycles. The fourth-order valence-corrected chi connectivity index (χ4v) is 2.43. The van der Waals surface area contributed by atoms with E-state index in [1.807, 2.05) is 0 Å². The maximum absolute atomic E-state index is 12.1. The van der Waals surface area contributed by atoms with E-state index in [-0.39, 0.29) is 30.7 Å². The number of nitrogens with one attached hydrogen (secondary N) is 2. The maximum Gasteiger partial charge on any atom is 0.239 e. The minimum atomic E-state index is -0.275. The molecule has 2 aromatic rings. The number of aromatic nitrogens is 1. The van der Waals surface area contributed by atoms with Crippen molar-refractivity contribution in [2.24, 2.45) is 0 Å². The van der Waals surface area contributed by atoms with Crippen molar-refractivity contribution in [2.75, 3.05) is 30.8 Å². The van der Waals surface area contributed by atoms with E-state index in [0.717, 1.165) is 4.47 Å². The average molecular weight is 419 g/mol. The third-order valence-corrected chi connectivity index (χ3v) is 3.84. The molecule has 2 N–H and O–H groups in total. The van der Waals surface area contributed by atoms with Crippen LogP contribution in [0.15, 0.2) is 47.1 Å². The van der Waals surface area contributed by atoms with E-state index in [4.69, 9.17) is 0 Å². The number of carbonyl (C=O) groups excluding carboxylic acids is 3. The molecule has 0 spiro atoms. The minimum Gasteiger partial charge on any atom is -0.325 e. The van der Waals surface area contributed by atoms with Crippen molar-refractivity contribution < 1.29 is 14.4 Å². The molecule has 0 aliphatic carbocycles. The van der Waals surface area contributed by atoms with Gasteiger partial charge in [-0.2, -0.15) is 0 Å². The number of ketones is 1. The zero-order valence-corrected chi connectivity index (χ0v) is 16.0. The number of pyridine rings is 1. The molecule has 0 aliphatic heterocycles. The first-order chi connectivity index (χ1) is 12.3. The zero-order valence-electron chi connectivity index (χ0n) is 14.5. The Hall–Kier alpha value is -2.58. The predicted octanol–water partition coefficient (Wildman–Crippen LogP) is 2.56. The molecule has 8 heteroatoms. The van der Waals surface area contributed by atoms with Gasteiger partial charge in [0, 0.05) is 21.9 Å². The predicted molar refractivity (Wildman–Crippen MR) is 103 cm³/mol. The first-order valence-corrected chi connectivity index (χ1v) is 8.63. The number of Topliss-reactive ketones (excluding diaryl/α,β-unsaturated/α-hetero) is 1. The molecule has 0 unspecified atom stereocenters. The van der Waals surface area contributed by atoms with Crippen LogP contribution in [0.4, 0.5) is 11.5 Å². The number of benzene rings is 1. The number of amides is 2. The number of anilines is 2. The van der Waals surface area contributed by atoms with Gasteiger partial charge in [0.15, 0.2) is 5.78 Å². The van der Waals surface area contributed by atoms with Gasteiger partial charge >= 0.3 is 0 Å². The van der Waals surface area contributed by atoms with Gasteiger partial charge in [-0.3, -0.25) is 19.3 Å². The molecular formula is C18H19BrN4O3. The quantitative estimate of drug-likeness (QED) is 0.674. The Balaban J connectivity index is 1.82. The summed E-state index contributed by atoms with van der Waals surface area (Å²) in [5.74, 6) is -0.176. The van der Waals surface area contributed by atoms with E-state index < -0.39 is 0 Å². The molecule has 26 heavy (non-hydrogen) atoms. The van der Waals surface area contributed by atoms with Crippen molar-refractivity contribution in [1.82, 2.24) is 9.88 Å². The molecule has 0 radical (unpaired) electrons. The standard InChI is InChI=1S/C18H19BrN4O3/c1-12(24)13-4-3-5-15(8-13)21-17(25)10-23(2)11-18(26)22-16-7-6-14(19)9-20-16/h3-9H,10-11H2,1-2H3,(H,21,25)(H,20,22,26). The van der Waals surface area contributed by atoms with E-state index in [9.17, 15) is 14.4 Å². The Morgan fingerprint density at radius 2 is 1.77 bits per heavy atom. The van der Waals surface area contributed by atoms with Crippen LogP contribution >= 0.6 is 15.9 Å². The second kappa shape index (κ2) is 9.21. The Bertz CT molecular complexity index is 808. The van der Waals surface area contributed by atoms with Crippen LogP contribution in [0.3, 0.4) is 0 Å². The molecule has 0 bridgehead atoms. The number of halogens is 1. The van der Waals surface area contributed by atoms with E-state index in [0.29, 0.717) is 17.1 Å². The van der Waals surface area contributed by atoms with Crippen LogP contribution in [-0.4, -0.2) is 47.6 Å². The molecule has 0 fully saturated rings.